The number of rotatable bonds is 6. The van der Waals surface area contributed by atoms with E-state index in [1.165, 1.54) is 6.07 Å². The van der Waals surface area contributed by atoms with Crippen LogP contribution < -0.4 is 5.32 Å². The third kappa shape index (κ3) is 3.67. The summed E-state index contributed by atoms with van der Waals surface area (Å²) in [6, 6.07) is 14.4. The first-order chi connectivity index (χ1) is 10.1. The van der Waals surface area contributed by atoms with Crippen molar-refractivity contribution in [3.05, 3.63) is 71.3 Å². The lowest BCUT2D eigenvalue weighted by Gasteiger charge is -2.15. The second kappa shape index (κ2) is 6.67. The molecule has 0 radical (unpaired) electrons. The molecule has 0 heterocycles. The quantitative estimate of drug-likeness (QED) is 0.758. The lowest BCUT2D eigenvalue weighted by molar-refractivity contribution is -0.139. The first-order valence-corrected chi connectivity index (χ1v) is 6.42. The summed E-state index contributed by atoms with van der Waals surface area (Å²) in [5, 5.41) is 21.3. The fraction of sp³-hybridized carbons (Fsp3) is 0.125. The maximum Gasteiger partial charge on any atom is 0.336 e. The Morgan fingerprint density at radius 2 is 1.57 bits per heavy atom. The van der Waals surface area contributed by atoms with Crippen molar-refractivity contribution in [1.29, 1.82) is 0 Å². The van der Waals surface area contributed by atoms with E-state index in [4.69, 9.17) is 5.11 Å². The van der Waals surface area contributed by atoms with Gasteiger partial charge in [-0.2, -0.15) is 0 Å². The maximum atomic E-state index is 11.4. The van der Waals surface area contributed by atoms with Crippen LogP contribution in [0.1, 0.15) is 27.5 Å². The molecule has 0 spiro atoms. The van der Waals surface area contributed by atoms with Crippen LogP contribution in [0, 0.1) is 0 Å². The highest BCUT2D eigenvalue weighted by Crippen LogP contribution is 2.15. The van der Waals surface area contributed by atoms with Gasteiger partial charge in [-0.25, -0.2) is 4.79 Å². The Labute approximate surface area is 121 Å². The number of benzene rings is 2. The second-order valence-electron chi connectivity index (χ2n) is 4.53. The molecule has 0 aliphatic carbocycles. The number of carboxylic acid groups (broad SMARTS) is 2. The topological polar surface area (TPSA) is 86.6 Å². The van der Waals surface area contributed by atoms with Gasteiger partial charge in [-0.1, -0.05) is 48.5 Å². The van der Waals surface area contributed by atoms with Gasteiger partial charge in [0, 0.05) is 6.54 Å². The van der Waals surface area contributed by atoms with Crippen molar-refractivity contribution in [2.45, 2.75) is 12.6 Å². The molecule has 3 N–H and O–H groups in total. The molecule has 0 unspecified atom stereocenters. The molecule has 2 rings (SSSR count). The molecule has 108 valence electrons. The van der Waals surface area contributed by atoms with Crippen molar-refractivity contribution < 1.29 is 19.8 Å². The molecule has 1 atom stereocenters. The van der Waals surface area contributed by atoms with Crippen molar-refractivity contribution in [2.24, 2.45) is 0 Å². The summed E-state index contributed by atoms with van der Waals surface area (Å²) < 4.78 is 0. The number of aromatic carboxylic acids is 1. The molecule has 5 heteroatoms. The zero-order chi connectivity index (χ0) is 15.2. The summed E-state index contributed by atoms with van der Waals surface area (Å²) in [6.45, 7) is 0.161. The van der Waals surface area contributed by atoms with Crippen molar-refractivity contribution in [3.63, 3.8) is 0 Å². The van der Waals surface area contributed by atoms with Gasteiger partial charge in [0.1, 0.15) is 6.04 Å². The summed E-state index contributed by atoms with van der Waals surface area (Å²) in [6.07, 6.45) is 0. The molecule has 0 amide bonds. The van der Waals surface area contributed by atoms with E-state index in [1.54, 1.807) is 42.5 Å². The van der Waals surface area contributed by atoms with Gasteiger partial charge in [0.25, 0.3) is 0 Å². The fourth-order valence-corrected chi connectivity index (χ4v) is 2.09. The molecule has 0 fully saturated rings. The highest BCUT2D eigenvalue weighted by molar-refractivity contribution is 5.89. The van der Waals surface area contributed by atoms with Gasteiger partial charge in [0.2, 0.25) is 0 Å². The van der Waals surface area contributed by atoms with Crippen LogP contribution in [-0.2, 0) is 11.3 Å². The van der Waals surface area contributed by atoms with Crippen LogP contribution in [0.3, 0.4) is 0 Å². The summed E-state index contributed by atoms with van der Waals surface area (Å²) in [4.78, 5) is 22.5. The van der Waals surface area contributed by atoms with E-state index >= 15 is 0 Å². The summed E-state index contributed by atoms with van der Waals surface area (Å²) in [5.41, 5.74) is 1.34. The number of hydrogen-bond acceptors (Lipinski definition) is 3. The fourth-order valence-electron chi connectivity index (χ4n) is 2.09. The van der Waals surface area contributed by atoms with Gasteiger partial charge >= 0.3 is 11.9 Å². The smallest absolute Gasteiger partial charge is 0.336 e. The summed E-state index contributed by atoms with van der Waals surface area (Å²) in [5.74, 6) is -2.03. The molecule has 0 saturated heterocycles. The van der Waals surface area contributed by atoms with Gasteiger partial charge in [0.05, 0.1) is 5.56 Å². The molecule has 0 saturated carbocycles. The van der Waals surface area contributed by atoms with Gasteiger partial charge in [-0.3, -0.25) is 10.1 Å². The summed E-state index contributed by atoms with van der Waals surface area (Å²) in [7, 11) is 0. The van der Waals surface area contributed by atoms with E-state index in [-0.39, 0.29) is 12.1 Å². The third-order valence-electron chi connectivity index (χ3n) is 3.12. The van der Waals surface area contributed by atoms with Crippen molar-refractivity contribution in [3.8, 4) is 0 Å². The Morgan fingerprint density at radius 3 is 2.19 bits per heavy atom. The standard InChI is InChI=1S/C16H15NO4/c18-15(19)13-9-5-4-8-12(13)10-17-14(16(20)21)11-6-2-1-3-7-11/h1-9,14,17H,10H2,(H,18,19)(H,20,21)/t14-/m0/s1. The molecule has 2 aromatic carbocycles. The minimum absolute atomic E-state index is 0.161. The Hall–Kier alpha value is -2.66. The largest absolute Gasteiger partial charge is 0.480 e. The Kier molecular flexibility index (Phi) is 4.68. The first-order valence-electron chi connectivity index (χ1n) is 6.42. The van der Waals surface area contributed by atoms with Gasteiger partial charge in [-0.05, 0) is 17.2 Å². The molecule has 2 aromatic rings. The van der Waals surface area contributed by atoms with Crippen LogP contribution in [0.15, 0.2) is 54.6 Å². The molecule has 21 heavy (non-hydrogen) atoms. The maximum absolute atomic E-state index is 11.4. The van der Waals surface area contributed by atoms with Gasteiger partial charge in [0.15, 0.2) is 0 Å². The normalized spacial score (nSPS) is 11.8. The van der Waals surface area contributed by atoms with Crippen LogP contribution in [0.25, 0.3) is 0 Å². The van der Waals surface area contributed by atoms with E-state index < -0.39 is 18.0 Å². The molecule has 5 nitrogen and oxygen atoms in total. The van der Waals surface area contributed by atoms with E-state index in [1.807, 2.05) is 6.07 Å². The minimum atomic E-state index is -1.03. The van der Waals surface area contributed by atoms with Crippen LogP contribution >= 0.6 is 0 Å². The lowest BCUT2D eigenvalue weighted by Crippen LogP contribution is -2.28. The van der Waals surface area contributed by atoms with Crippen LogP contribution in [0.4, 0.5) is 0 Å². The van der Waals surface area contributed by atoms with Gasteiger partial charge in [-0.15, -0.1) is 0 Å². The average Bonchev–Trinajstić information content (AvgIpc) is 2.48. The number of hydrogen-bond donors (Lipinski definition) is 3. The third-order valence-corrected chi connectivity index (χ3v) is 3.12. The van der Waals surface area contributed by atoms with E-state index in [2.05, 4.69) is 5.32 Å². The zero-order valence-corrected chi connectivity index (χ0v) is 11.2. The van der Waals surface area contributed by atoms with Crippen LogP contribution in [0.2, 0.25) is 0 Å². The SMILES string of the molecule is O=C(O)c1ccccc1CN[C@H](C(=O)O)c1ccccc1. The van der Waals surface area contributed by atoms with E-state index in [0.717, 1.165) is 0 Å². The van der Waals surface area contributed by atoms with E-state index in [0.29, 0.717) is 11.1 Å². The zero-order valence-electron chi connectivity index (χ0n) is 11.2. The number of carbonyl (C=O) groups is 2. The Morgan fingerprint density at radius 1 is 0.952 bits per heavy atom. The first kappa shape index (κ1) is 14.7. The van der Waals surface area contributed by atoms with Crippen LogP contribution in [0.5, 0.6) is 0 Å². The number of aliphatic carboxylic acids is 1. The van der Waals surface area contributed by atoms with Crippen LogP contribution in [-0.4, -0.2) is 22.2 Å². The highest BCUT2D eigenvalue weighted by atomic mass is 16.4. The second-order valence-corrected chi connectivity index (χ2v) is 4.53. The predicted molar refractivity (Wildman–Crippen MR) is 77.1 cm³/mol. The van der Waals surface area contributed by atoms with Crippen molar-refractivity contribution in [1.82, 2.24) is 5.32 Å². The monoisotopic (exact) mass is 285 g/mol. The summed E-state index contributed by atoms with van der Waals surface area (Å²) >= 11 is 0. The van der Waals surface area contributed by atoms with E-state index in [9.17, 15) is 14.7 Å². The van der Waals surface area contributed by atoms with Gasteiger partial charge < -0.3 is 10.2 Å². The molecule has 0 bridgehead atoms. The Balaban J connectivity index is 2.17. The molecular weight excluding hydrogens is 270 g/mol. The van der Waals surface area contributed by atoms with Crippen molar-refractivity contribution in [2.75, 3.05) is 0 Å². The number of carboxylic acids is 2. The minimum Gasteiger partial charge on any atom is -0.480 e. The molecule has 0 aliphatic rings. The molecule has 0 aromatic heterocycles. The molecule has 0 aliphatic heterocycles. The lowest BCUT2D eigenvalue weighted by atomic mass is 10.0. The molecular formula is C16H15NO4. The predicted octanol–water partition coefficient (Wildman–Crippen LogP) is 2.30. The Bertz CT molecular complexity index is 640. The average molecular weight is 285 g/mol. The number of nitrogens with one attached hydrogen (secondary N) is 1. The van der Waals surface area contributed by atoms with Crippen molar-refractivity contribution >= 4 is 11.9 Å². The highest BCUT2D eigenvalue weighted by Gasteiger charge is 2.19.